The Bertz CT molecular complexity index is 688. The topological polar surface area (TPSA) is 66.0 Å². The minimum atomic E-state index is -0.542. The third kappa shape index (κ3) is 4.12. The molecule has 0 spiro atoms. The third-order valence-electron chi connectivity index (χ3n) is 3.88. The second-order valence-electron chi connectivity index (χ2n) is 7.97. The van der Waals surface area contributed by atoms with Crippen LogP contribution in [0, 0.1) is 0 Å². The van der Waals surface area contributed by atoms with Crippen LogP contribution in [0.5, 0.6) is 5.75 Å². The normalized spacial score (nSPS) is 21.2. The molecule has 1 amide bonds. The first-order valence-corrected chi connectivity index (χ1v) is 9.08. The van der Waals surface area contributed by atoms with E-state index in [2.05, 4.69) is 21.2 Å². The van der Waals surface area contributed by atoms with Crippen LogP contribution in [0.4, 0.5) is 4.79 Å². The van der Waals surface area contributed by atoms with Crippen LogP contribution in [0.3, 0.4) is 0 Å². The first-order valence-electron chi connectivity index (χ1n) is 8.29. The molecule has 1 N–H and O–H groups in total. The van der Waals surface area contributed by atoms with E-state index < -0.39 is 24.9 Å². The number of rotatable bonds is 2. The van der Waals surface area contributed by atoms with E-state index in [9.17, 15) is 4.79 Å². The van der Waals surface area contributed by atoms with Gasteiger partial charge in [0, 0.05) is 21.0 Å². The summed E-state index contributed by atoms with van der Waals surface area (Å²) in [6.07, 6.45) is -0.893. The lowest BCUT2D eigenvalue weighted by Crippen LogP contribution is -2.41. The molecular weight excluding hydrogens is 389 g/mol. The number of amides is 1. The van der Waals surface area contributed by atoms with Crippen LogP contribution in [-0.4, -0.2) is 37.6 Å². The summed E-state index contributed by atoms with van der Waals surface area (Å²) >= 11 is 3.57. The van der Waals surface area contributed by atoms with E-state index in [4.69, 9.17) is 18.8 Å². The highest BCUT2D eigenvalue weighted by Crippen LogP contribution is 2.37. The highest BCUT2D eigenvalue weighted by molar-refractivity contribution is 9.10. The Kier molecular flexibility index (Phi) is 4.81. The Hall–Kier alpha value is -1.25. The fourth-order valence-electron chi connectivity index (χ4n) is 2.85. The van der Waals surface area contributed by atoms with Gasteiger partial charge in [-0.05, 0) is 46.8 Å². The van der Waals surface area contributed by atoms with Gasteiger partial charge in [0.25, 0.3) is 0 Å². The molecule has 1 aromatic rings. The van der Waals surface area contributed by atoms with Crippen molar-refractivity contribution in [2.75, 3.05) is 13.2 Å². The smallest absolute Gasteiger partial charge is 0.491 e. The van der Waals surface area contributed by atoms with Crippen molar-refractivity contribution in [3.8, 4) is 5.75 Å². The number of hydrogen-bond acceptors (Lipinski definition) is 5. The van der Waals surface area contributed by atoms with Gasteiger partial charge in [-0.25, -0.2) is 4.79 Å². The maximum atomic E-state index is 11.9. The van der Waals surface area contributed by atoms with Gasteiger partial charge in [-0.2, -0.15) is 0 Å². The monoisotopic (exact) mass is 411 g/mol. The quantitative estimate of drug-likeness (QED) is 0.758. The minimum absolute atomic E-state index is 0.0945. The lowest BCUT2D eigenvalue weighted by molar-refractivity contribution is 0.0149. The number of halogens is 1. The largest absolute Gasteiger partial charge is 0.499 e. The molecule has 0 bridgehead atoms. The van der Waals surface area contributed by atoms with Gasteiger partial charge in [0.1, 0.15) is 25.1 Å². The molecular formula is C17H23BBrNO5. The Balaban J connectivity index is 1.80. The molecule has 2 aliphatic rings. The van der Waals surface area contributed by atoms with Gasteiger partial charge in [-0.3, -0.25) is 0 Å². The number of carbonyl (C=O) groups is 1. The predicted molar refractivity (Wildman–Crippen MR) is 98.3 cm³/mol. The van der Waals surface area contributed by atoms with E-state index in [1.54, 1.807) is 0 Å². The fourth-order valence-corrected chi connectivity index (χ4v) is 3.45. The van der Waals surface area contributed by atoms with Crippen molar-refractivity contribution in [1.82, 2.24) is 5.32 Å². The predicted octanol–water partition coefficient (Wildman–Crippen LogP) is 2.93. The fraction of sp³-hybridized carbons (Fsp3) is 0.588. The summed E-state index contributed by atoms with van der Waals surface area (Å²) in [5.74, 6) is 0.746. The second-order valence-corrected chi connectivity index (χ2v) is 8.82. The summed E-state index contributed by atoms with van der Waals surface area (Å²) in [4.78, 5) is 11.9. The molecule has 1 atom stereocenters. The average molecular weight is 412 g/mol. The maximum absolute atomic E-state index is 11.9. The van der Waals surface area contributed by atoms with Gasteiger partial charge in [0.2, 0.25) is 0 Å². The molecule has 0 aliphatic carbocycles. The zero-order chi connectivity index (χ0) is 18.4. The molecule has 0 saturated carbocycles. The van der Waals surface area contributed by atoms with Crippen molar-refractivity contribution >= 4 is 34.6 Å². The van der Waals surface area contributed by atoms with Crippen molar-refractivity contribution in [3.05, 3.63) is 22.2 Å². The van der Waals surface area contributed by atoms with E-state index >= 15 is 0 Å². The SMILES string of the molecule is CC(C)(C)NC(=O)OC[C@H]1OB2OC(C)(C)COc3ccc(Br)c1c32. The van der Waals surface area contributed by atoms with E-state index in [-0.39, 0.29) is 12.1 Å². The van der Waals surface area contributed by atoms with Gasteiger partial charge >= 0.3 is 13.2 Å². The molecule has 8 heteroatoms. The number of nitrogens with one attached hydrogen (secondary N) is 1. The highest BCUT2D eigenvalue weighted by Gasteiger charge is 2.47. The van der Waals surface area contributed by atoms with Crippen molar-refractivity contribution in [3.63, 3.8) is 0 Å². The molecule has 3 rings (SSSR count). The number of alkyl carbamates (subject to hydrolysis) is 1. The van der Waals surface area contributed by atoms with Crippen molar-refractivity contribution < 1.29 is 23.6 Å². The van der Waals surface area contributed by atoms with Gasteiger partial charge in [-0.15, -0.1) is 0 Å². The zero-order valence-electron chi connectivity index (χ0n) is 15.1. The third-order valence-corrected chi connectivity index (χ3v) is 4.58. The Morgan fingerprint density at radius 2 is 2.16 bits per heavy atom. The van der Waals surface area contributed by atoms with Gasteiger partial charge in [0.05, 0.1) is 5.60 Å². The molecule has 2 heterocycles. The van der Waals surface area contributed by atoms with Crippen molar-refractivity contribution in [2.24, 2.45) is 0 Å². The zero-order valence-corrected chi connectivity index (χ0v) is 16.7. The first kappa shape index (κ1) is 18.5. The van der Waals surface area contributed by atoms with Crippen LogP contribution in [0.15, 0.2) is 16.6 Å². The van der Waals surface area contributed by atoms with Crippen LogP contribution in [0.25, 0.3) is 0 Å². The van der Waals surface area contributed by atoms with Gasteiger partial charge in [0.15, 0.2) is 0 Å². The molecule has 0 unspecified atom stereocenters. The lowest BCUT2D eigenvalue weighted by Gasteiger charge is -2.25. The number of carbonyl (C=O) groups excluding carboxylic acids is 1. The van der Waals surface area contributed by atoms with Crippen LogP contribution >= 0.6 is 15.9 Å². The van der Waals surface area contributed by atoms with Crippen LogP contribution in [0.2, 0.25) is 0 Å². The molecule has 25 heavy (non-hydrogen) atoms. The van der Waals surface area contributed by atoms with Crippen LogP contribution in [-0.2, 0) is 14.0 Å². The first-order chi connectivity index (χ1) is 11.6. The molecule has 6 nitrogen and oxygen atoms in total. The average Bonchev–Trinajstić information content (AvgIpc) is 2.75. The molecule has 0 fully saturated rings. The summed E-state index contributed by atoms with van der Waals surface area (Å²) in [6.45, 7) is 10.1. The highest BCUT2D eigenvalue weighted by atomic mass is 79.9. The maximum Gasteiger partial charge on any atom is 0.499 e. The summed E-state index contributed by atoms with van der Waals surface area (Å²) < 4.78 is 24.3. The Labute approximate surface area is 156 Å². The van der Waals surface area contributed by atoms with Gasteiger partial charge in [-0.1, -0.05) is 15.9 Å². The van der Waals surface area contributed by atoms with Crippen LogP contribution < -0.4 is 15.5 Å². The summed E-state index contributed by atoms with van der Waals surface area (Å²) in [6, 6.07) is 3.82. The Morgan fingerprint density at radius 3 is 2.84 bits per heavy atom. The van der Waals surface area contributed by atoms with Crippen LogP contribution in [0.1, 0.15) is 46.3 Å². The second kappa shape index (κ2) is 6.48. The molecule has 0 radical (unpaired) electrons. The molecule has 136 valence electrons. The van der Waals surface area contributed by atoms with Gasteiger partial charge < -0.3 is 24.1 Å². The lowest BCUT2D eigenvalue weighted by atomic mass is 9.77. The number of ether oxygens (including phenoxy) is 2. The van der Waals surface area contributed by atoms with E-state index in [1.807, 2.05) is 46.8 Å². The Morgan fingerprint density at radius 1 is 1.44 bits per heavy atom. The number of benzene rings is 1. The minimum Gasteiger partial charge on any atom is -0.491 e. The standard InChI is InChI=1S/C17H23BBrNO5/c1-16(2,3)20-15(21)22-8-12-13-10(19)6-7-11-14(13)18(24-12)25-17(4,5)9-23-11/h6-7,12H,8-9H2,1-5H3,(H,20,21)/t12-/m1/s1. The summed E-state index contributed by atoms with van der Waals surface area (Å²) in [5.41, 5.74) is 0.935. The molecule has 0 aromatic heterocycles. The van der Waals surface area contributed by atoms with E-state index in [0.717, 1.165) is 21.2 Å². The summed E-state index contributed by atoms with van der Waals surface area (Å²) in [7, 11) is -0.542. The van der Waals surface area contributed by atoms with Crippen molar-refractivity contribution in [2.45, 2.75) is 51.9 Å². The number of hydrogen-bond donors (Lipinski definition) is 1. The van der Waals surface area contributed by atoms with Crippen molar-refractivity contribution in [1.29, 1.82) is 0 Å². The van der Waals surface area contributed by atoms with E-state index in [1.165, 1.54) is 0 Å². The molecule has 2 aliphatic heterocycles. The molecule has 1 aromatic carbocycles. The van der Waals surface area contributed by atoms with E-state index in [0.29, 0.717) is 6.61 Å². The summed E-state index contributed by atoms with van der Waals surface area (Å²) in [5, 5.41) is 2.77. The molecule has 0 saturated heterocycles.